The summed E-state index contributed by atoms with van der Waals surface area (Å²) in [5.74, 6) is -2.13. The molecule has 0 bridgehead atoms. The Morgan fingerprint density at radius 2 is 2.00 bits per heavy atom. The number of carbonyl (C=O) groups is 2. The fourth-order valence-electron chi connectivity index (χ4n) is 2.59. The highest BCUT2D eigenvalue weighted by atomic mass is 32.2. The number of nitrogens with zero attached hydrogens (tertiary/aromatic N) is 1. The average Bonchev–Trinajstić information content (AvgIpc) is 2.66. The Hall–Kier alpha value is -2.04. The molecule has 2 N–H and O–H groups in total. The van der Waals surface area contributed by atoms with E-state index in [0.29, 0.717) is 26.0 Å². The first-order valence-electron chi connectivity index (χ1n) is 8.73. The lowest BCUT2D eigenvalue weighted by atomic mass is 10.2. The van der Waals surface area contributed by atoms with Gasteiger partial charge in [-0.05, 0) is 43.5 Å². The Bertz CT molecular complexity index is 800. The van der Waals surface area contributed by atoms with Gasteiger partial charge < -0.3 is 15.4 Å². The Morgan fingerprint density at radius 3 is 2.67 bits per heavy atom. The molecule has 1 saturated heterocycles. The van der Waals surface area contributed by atoms with Crippen molar-refractivity contribution >= 4 is 21.8 Å². The van der Waals surface area contributed by atoms with Crippen LogP contribution < -0.4 is 10.6 Å². The Labute approximate surface area is 158 Å². The molecule has 0 saturated carbocycles. The second-order valence-electron chi connectivity index (χ2n) is 6.17. The largest absolute Gasteiger partial charge is 0.360 e. The summed E-state index contributed by atoms with van der Waals surface area (Å²) in [5.41, 5.74) is 0.214. The van der Waals surface area contributed by atoms with Gasteiger partial charge in [-0.25, -0.2) is 12.8 Å². The second kappa shape index (κ2) is 9.25. The lowest BCUT2D eigenvalue weighted by Crippen LogP contribution is -2.53. The summed E-state index contributed by atoms with van der Waals surface area (Å²) in [6.07, 6.45) is 0.228. The van der Waals surface area contributed by atoms with Crippen molar-refractivity contribution in [3.8, 4) is 0 Å². The highest BCUT2D eigenvalue weighted by Gasteiger charge is 2.35. The molecule has 0 aliphatic carbocycles. The fraction of sp³-hybridized carbons (Fsp3) is 0.529. The molecule has 10 heteroatoms. The van der Waals surface area contributed by atoms with Crippen molar-refractivity contribution in [1.29, 1.82) is 0 Å². The van der Waals surface area contributed by atoms with Crippen LogP contribution in [0.4, 0.5) is 4.39 Å². The summed E-state index contributed by atoms with van der Waals surface area (Å²) in [6.45, 7) is 4.06. The van der Waals surface area contributed by atoms with Gasteiger partial charge >= 0.3 is 11.8 Å². The molecular weight excluding hydrogens is 377 g/mol. The van der Waals surface area contributed by atoms with Gasteiger partial charge in [0.2, 0.25) is 10.0 Å². The molecule has 150 valence electrons. The summed E-state index contributed by atoms with van der Waals surface area (Å²) in [4.78, 5) is 23.4. The molecule has 0 aromatic heterocycles. The number of nitrogens with one attached hydrogen (secondary N) is 2. The Balaban J connectivity index is 2.10. The van der Waals surface area contributed by atoms with E-state index in [0.717, 1.165) is 10.4 Å². The highest BCUT2D eigenvalue weighted by molar-refractivity contribution is 7.89. The third-order valence-electron chi connectivity index (χ3n) is 4.07. The number of hydrogen-bond acceptors (Lipinski definition) is 5. The van der Waals surface area contributed by atoms with Gasteiger partial charge in [0, 0.05) is 13.1 Å². The predicted molar refractivity (Wildman–Crippen MR) is 95.7 cm³/mol. The molecule has 8 nitrogen and oxygen atoms in total. The van der Waals surface area contributed by atoms with E-state index < -0.39 is 33.9 Å². The Morgan fingerprint density at radius 1 is 1.30 bits per heavy atom. The summed E-state index contributed by atoms with van der Waals surface area (Å²) in [6, 6.07) is 3.55. The van der Waals surface area contributed by atoms with Crippen molar-refractivity contribution in [2.24, 2.45) is 0 Å². The van der Waals surface area contributed by atoms with Gasteiger partial charge in [0.25, 0.3) is 0 Å². The van der Waals surface area contributed by atoms with Crippen LogP contribution in [-0.2, 0) is 24.3 Å². The van der Waals surface area contributed by atoms with Crippen LogP contribution in [0.15, 0.2) is 23.1 Å². The maximum atomic E-state index is 13.5. The minimum absolute atomic E-state index is 0.0519. The van der Waals surface area contributed by atoms with Crippen LogP contribution >= 0.6 is 0 Å². The molecular formula is C17H24FN3O5S. The van der Waals surface area contributed by atoms with Crippen LogP contribution in [0.3, 0.4) is 0 Å². The van der Waals surface area contributed by atoms with Crippen molar-refractivity contribution in [3.05, 3.63) is 29.6 Å². The van der Waals surface area contributed by atoms with Crippen LogP contribution in [0.2, 0.25) is 0 Å². The second-order valence-corrected chi connectivity index (χ2v) is 8.06. The molecule has 0 unspecified atom stereocenters. The quantitative estimate of drug-likeness (QED) is 0.676. The van der Waals surface area contributed by atoms with Gasteiger partial charge in [-0.1, -0.05) is 6.92 Å². The first kappa shape index (κ1) is 21.3. The number of carbonyl (C=O) groups excluding carboxylic acids is 2. The van der Waals surface area contributed by atoms with E-state index in [9.17, 15) is 22.4 Å². The van der Waals surface area contributed by atoms with Gasteiger partial charge in [0.15, 0.2) is 0 Å². The minimum atomic E-state index is -3.94. The SMILES string of the molecule is CCCNC(=O)C(=O)NC[C@@H]1OCCCN1S(=O)(=O)c1ccc(F)c(C)c1. The van der Waals surface area contributed by atoms with Crippen LogP contribution in [-0.4, -0.2) is 57.0 Å². The first-order valence-corrected chi connectivity index (χ1v) is 10.2. The molecule has 1 atom stereocenters. The lowest BCUT2D eigenvalue weighted by molar-refractivity contribution is -0.140. The van der Waals surface area contributed by atoms with Crippen molar-refractivity contribution in [1.82, 2.24) is 14.9 Å². The molecule has 0 radical (unpaired) electrons. The summed E-state index contributed by atoms with van der Waals surface area (Å²) in [7, 11) is -3.94. The van der Waals surface area contributed by atoms with Gasteiger partial charge in [-0.3, -0.25) is 9.59 Å². The van der Waals surface area contributed by atoms with Gasteiger partial charge in [-0.2, -0.15) is 4.31 Å². The van der Waals surface area contributed by atoms with Crippen LogP contribution in [0.25, 0.3) is 0 Å². The van der Waals surface area contributed by atoms with Gasteiger partial charge in [-0.15, -0.1) is 0 Å². The van der Waals surface area contributed by atoms with E-state index in [-0.39, 0.29) is 23.5 Å². The van der Waals surface area contributed by atoms with E-state index in [2.05, 4.69) is 10.6 Å². The average molecular weight is 401 g/mol. The monoisotopic (exact) mass is 401 g/mol. The number of sulfonamides is 1. The van der Waals surface area contributed by atoms with Crippen LogP contribution in [0.5, 0.6) is 0 Å². The molecule has 2 amide bonds. The Kier molecular flexibility index (Phi) is 7.28. The van der Waals surface area contributed by atoms with Gasteiger partial charge in [0.05, 0.1) is 18.0 Å². The van der Waals surface area contributed by atoms with E-state index in [1.807, 2.05) is 6.92 Å². The molecule has 1 fully saturated rings. The number of rotatable bonds is 6. The zero-order valence-electron chi connectivity index (χ0n) is 15.3. The first-order chi connectivity index (χ1) is 12.8. The van der Waals surface area contributed by atoms with E-state index >= 15 is 0 Å². The van der Waals surface area contributed by atoms with Crippen molar-refractivity contribution in [2.45, 2.75) is 37.8 Å². The molecule has 1 aliphatic heterocycles. The number of halogens is 1. The van der Waals surface area contributed by atoms with Crippen molar-refractivity contribution in [2.75, 3.05) is 26.2 Å². The smallest absolute Gasteiger partial charge is 0.309 e. The molecule has 2 rings (SSSR count). The minimum Gasteiger partial charge on any atom is -0.360 e. The third-order valence-corrected chi connectivity index (χ3v) is 5.95. The summed E-state index contributed by atoms with van der Waals surface area (Å²) in [5, 5.41) is 4.83. The zero-order chi connectivity index (χ0) is 20.0. The fourth-order valence-corrected chi connectivity index (χ4v) is 4.25. The molecule has 0 spiro atoms. The van der Waals surface area contributed by atoms with Gasteiger partial charge in [0.1, 0.15) is 12.0 Å². The summed E-state index contributed by atoms with van der Waals surface area (Å²) < 4.78 is 45.9. The third kappa shape index (κ3) is 5.24. The number of benzene rings is 1. The maximum absolute atomic E-state index is 13.5. The molecule has 1 aliphatic rings. The van der Waals surface area contributed by atoms with Crippen LogP contribution in [0, 0.1) is 12.7 Å². The predicted octanol–water partition coefficient (Wildman–Crippen LogP) is 0.514. The van der Waals surface area contributed by atoms with E-state index in [1.165, 1.54) is 19.1 Å². The van der Waals surface area contributed by atoms with Crippen molar-refractivity contribution < 1.29 is 27.1 Å². The molecule has 1 aromatic rings. The molecule has 1 heterocycles. The molecule has 27 heavy (non-hydrogen) atoms. The summed E-state index contributed by atoms with van der Waals surface area (Å²) >= 11 is 0. The normalized spacial score (nSPS) is 18.1. The maximum Gasteiger partial charge on any atom is 0.309 e. The van der Waals surface area contributed by atoms with E-state index in [4.69, 9.17) is 4.74 Å². The number of hydrogen-bond donors (Lipinski definition) is 2. The van der Waals surface area contributed by atoms with E-state index in [1.54, 1.807) is 0 Å². The number of aryl methyl sites for hydroxylation is 1. The van der Waals surface area contributed by atoms with Crippen LogP contribution in [0.1, 0.15) is 25.3 Å². The molecule has 1 aromatic carbocycles. The number of amides is 2. The highest BCUT2D eigenvalue weighted by Crippen LogP contribution is 2.23. The lowest BCUT2D eigenvalue weighted by Gasteiger charge is -2.34. The number of ether oxygens (including phenoxy) is 1. The van der Waals surface area contributed by atoms with Crippen molar-refractivity contribution in [3.63, 3.8) is 0 Å². The topological polar surface area (TPSA) is 105 Å². The standard InChI is InChI=1S/C17H24FN3O5S/c1-3-7-19-16(22)17(23)20-11-15-21(8-4-9-26-15)27(24,25)13-5-6-14(18)12(2)10-13/h5-6,10,15H,3-4,7-9,11H2,1-2H3,(H,19,22)(H,20,23)/t15-/m0/s1. The zero-order valence-corrected chi connectivity index (χ0v) is 16.1.